The molecular formula is C12H20N2S. The van der Waals surface area contributed by atoms with Crippen LogP contribution in [0.25, 0.3) is 0 Å². The van der Waals surface area contributed by atoms with E-state index in [-0.39, 0.29) is 0 Å². The van der Waals surface area contributed by atoms with Crippen molar-refractivity contribution in [1.29, 1.82) is 0 Å². The van der Waals surface area contributed by atoms with Crippen LogP contribution in [0.4, 0.5) is 5.00 Å². The van der Waals surface area contributed by atoms with Crippen molar-refractivity contribution in [1.82, 2.24) is 5.32 Å². The fourth-order valence-electron chi connectivity index (χ4n) is 2.40. The number of hydrogen-bond acceptors (Lipinski definition) is 3. The smallest absolute Gasteiger partial charge is 0.0908 e. The summed E-state index contributed by atoms with van der Waals surface area (Å²) in [4.78, 5) is 2.45. The molecule has 1 saturated carbocycles. The molecule has 0 radical (unpaired) electrons. The normalized spacial score (nSPS) is 26.5. The molecule has 3 heteroatoms. The van der Waals surface area contributed by atoms with E-state index >= 15 is 0 Å². The molecule has 0 saturated heterocycles. The summed E-state index contributed by atoms with van der Waals surface area (Å²) in [6, 6.07) is 5.84. The first kappa shape index (κ1) is 11.0. The van der Waals surface area contributed by atoms with Gasteiger partial charge in [0.2, 0.25) is 0 Å². The molecule has 1 heterocycles. The maximum atomic E-state index is 3.38. The molecule has 0 aliphatic heterocycles. The van der Waals surface area contributed by atoms with E-state index < -0.39 is 0 Å². The molecule has 15 heavy (non-hydrogen) atoms. The van der Waals surface area contributed by atoms with Gasteiger partial charge in [-0.1, -0.05) is 0 Å². The Morgan fingerprint density at radius 2 is 2.07 bits per heavy atom. The molecule has 0 spiro atoms. The maximum absolute atomic E-state index is 3.38. The van der Waals surface area contributed by atoms with Crippen molar-refractivity contribution in [3.05, 3.63) is 17.5 Å². The summed E-state index contributed by atoms with van der Waals surface area (Å²) in [5.74, 6) is 0. The molecule has 84 valence electrons. The average Bonchev–Trinajstić information content (AvgIpc) is 2.82. The molecule has 1 fully saturated rings. The van der Waals surface area contributed by atoms with Crippen LogP contribution in [-0.2, 0) is 0 Å². The van der Waals surface area contributed by atoms with Crippen LogP contribution in [0.1, 0.15) is 25.7 Å². The topological polar surface area (TPSA) is 15.3 Å². The van der Waals surface area contributed by atoms with Crippen molar-refractivity contribution >= 4 is 16.3 Å². The predicted molar refractivity (Wildman–Crippen MR) is 67.8 cm³/mol. The molecule has 0 bridgehead atoms. The van der Waals surface area contributed by atoms with Gasteiger partial charge in [-0.3, -0.25) is 0 Å². The quantitative estimate of drug-likeness (QED) is 0.849. The molecule has 1 aliphatic carbocycles. The molecule has 2 rings (SSSR count). The van der Waals surface area contributed by atoms with Crippen LogP contribution in [0.3, 0.4) is 0 Å². The number of rotatable bonds is 3. The van der Waals surface area contributed by atoms with Crippen LogP contribution >= 0.6 is 11.3 Å². The summed E-state index contributed by atoms with van der Waals surface area (Å²) in [7, 11) is 4.31. The summed E-state index contributed by atoms with van der Waals surface area (Å²) in [6.07, 6.45) is 5.27. The Balaban J connectivity index is 1.90. The zero-order chi connectivity index (χ0) is 10.7. The predicted octanol–water partition coefficient (Wildman–Crippen LogP) is 2.71. The third kappa shape index (κ3) is 2.52. The Morgan fingerprint density at radius 3 is 2.60 bits per heavy atom. The summed E-state index contributed by atoms with van der Waals surface area (Å²) < 4.78 is 0. The molecular weight excluding hydrogens is 204 g/mol. The second-order valence-electron chi connectivity index (χ2n) is 4.36. The van der Waals surface area contributed by atoms with Gasteiger partial charge < -0.3 is 10.2 Å². The van der Waals surface area contributed by atoms with Crippen LogP contribution in [0, 0.1) is 0 Å². The molecule has 1 N–H and O–H groups in total. The van der Waals surface area contributed by atoms with E-state index in [1.165, 1.54) is 30.7 Å². The number of anilines is 1. The van der Waals surface area contributed by atoms with Gasteiger partial charge in [-0.15, -0.1) is 11.3 Å². The summed E-state index contributed by atoms with van der Waals surface area (Å²) in [5.41, 5.74) is 0. The fourth-order valence-corrected chi connectivity index (χ4v) is 3.17. The Labute approximate surface area is 96.3 Å². The van der Waals surface area contributed by atoms with Crippen LogP contribution in [0.2, 0.25) is 0 Å². The van der Waals surface area contributed by atoms with Crippen molar-refractivity contribution in [3.63, 3.8) is 0 Å². The van der Waals surface area contributed by atoms with E-state index in [0.29, 0.717) is 0 Å². The van der Waals surface area contributed by atoms with Crippen molar-refractivity contribution in [2.45, 2.75) is 37.8 Å². The van der Waals surface area contributed by atoms with Crippen LogP contribution in [0.5, 0.6) is 0 Å². The zero-order valence-corrected chi connectivity index (χ0v) is 10.4. The Hall–Kier alpha value is -0.540. The summed E-state index contributed by atoms with van der Waals surface area (Å²) in [5, 5.41) is 6.95. The van der Waals surface area contributed by atoms with Gasteiger partial charge in [0.05, 0.1) is 5.00 Å². The lowest BCUT2D eigenvalue weighted by molar-refractivity contribution is 0.352. The van der Waals surface area contributed by atoms with E-state index in [2.05, 4.69) is 41.8 Å². The summed E-state index contributed by atoms with van der Waals surface area (Å²) >= 11 is 1.84. The molecule has 0 atom stereocenters. The molecule has 1 aliphatic rings. The highest BCUT2D eigenvalue weighted by Crippen LogP contribution is 2.28. The van der Waals surface area contributed by atoms with E-state index in [0.717, 1.165) is 12.1 Å². The fraction of sp³-hybridized carbons (Fsp3) is 0.667. The second kappa shape index (κ2) is 4.99. The van der Waals surface area contributed by atoms with Crippen LogP contribution in [-0.4, -0.2) is 26.2 Å². The van der Waals surface area contributed by atoms with E-state index in [1.54, 1.807) is 0 Å². The third-order valence-corrected chi connectivity index (χ3v) is 4.47. The average molecular weight is 224 g/mol. The van der Waals surface area contributed by atoms with Crippen LogP contribution in [0.15, 0.2) is 17.5 Å². The first-order valence-corrected chi connectivity index (χ1v) is 6.63. The van der Waals surface area contributed by atoms with Crippen molar-refractivity contribution < 1.29 is 0 Å². The van der Waals surface area contributed by atoms with E-state index in [4.69, 9.17) is 0 Å². The van der Waals surface area contributed by atoms with Crippen molar-refractivity contribution in [3.8, 4) is 0 Å². The lowest BCUT2D eigenvalue weighted by Gasteiger charge is -2.35. The minimum Gasteiger partial charge on any atom is -0.364 e. The first-order valence-electron chi connectivity index (χ1n) is 5.75. The number of nitrogens with zero attached hydrogens (tertiary/aromatic N) is 1. The molecule has 0 aromatic carbocycles. The van der Waals surface area contributed by atoms with Gasteiger partial charge in [-0.2, -0.15) is 0 Å². The van der Waals surface area contributed by atoms with Gasteiger partial charge in [-0.25, -0.2) is 0 Å². The Morgan fingerprint density at radius 1 is 1.33 bits per heavy atom. The lowest BCUT2D eigenvalue weighted by Crippen LogP contribution is -2.39. The Bertz CT molecular complexity index is 276. The SMILES string of the molecule is CNC1CCC(N(C)c2cccs2)CC1. The molecule has 1 aromatic heterocycles. The van der Waals surface area contributed by atoms with E-state index in [9.17, 15) is 0 Å². The highest BCUT2D eigenvalue weighted by atomic mass is 32.1. The monoisotopic (exact) mass is 224 g/mol. The van der Waals surface area contributed by atoms with Crippen molar-refractivity contribution in [2.24, 2.45) is 0 Å². The lowest BCUT2D eigenvalue weighted by atomic mass is 9.90. The number of nitrogens with one attached hydrogen (secondary N) is 1. The van der Waals surface area contributed by atoms with Gasteiger partial charge in [0, 0.05) is 19.1 Å². The van der Waals surface area contributed by atoms with Gasteiger partial charge in [0.15, 0.2) is 0 Å². The standard InChI is InChI=1S/C12H20N2S/c1-13-10-5-7-11(8-6-10)14(2)12-4-3-9-15-12/h3-4,9-11,13H,5-8H2,1-2H3. The number of hydrogen-bond donors (Lipinski definition) is 1. The maximum Gasteiger partial charge on any atom is 0.0908 e. The van der Waals surface area contributed by atoms with Gasteiger partial charge >= 0.3 is 0 Å². The number of thiophene rings is 1. The largest absolute Gasteiger partial charge is 0.364 e. The zero-order valence-electron chi connectivity index (χ0n) is 9.57. The second-order valence-corrected chi connectivity index (χ2v) is 5.28. The first-order chi connectivity index (χ1) is 7.31. The van der Waals surface area contributed by atoms with Gasteiger partial charge in [-0.05, 0) is 50.2 Å². The summed E-state index contributed by atoms with van der Waals surface area (Å²) in [6.45, 7) is 0. The van der Waals surface area contributed by atoms with Gasteiger partial charge in [0.1, 0.15) is 0 Å². The molecule has 0 amide bonds. The van der Waals surface area contributed by atoms with E-state index in [1.807, 2.05) is 11.3 Å². The third-order valence-electron chi connectivity index (χ3n) is 3.51. The molecule has 0 unspecified atom stereocenters. The molecule has 2 nitrogen and oxygen atoms in total. The molecule has 1 aromatic rings. The van der Waals surface area contributed by atoms with Crippen molar-refractivity contribution in [2.75, 3.05) is 19.0 Å². The Kier molecular flexibility index (Phi) is 3.65. The van der Waals surface area contributed by atoms with Crippen LogP contribution < -0.4 is 10.2 Å². The minimum absolute atomic E-state index is 0.744. The highest BCUT2D eigenvalue weighted by Gasteiger charge is 2.23. The van der Waals surface area contributed by atoms with Gasteiger partial charge in [0.25, 0.3) is 0 Å². The highest BCUT2D eigenvalue weighted by molar-refractivity contribution is 7.14. The minimum atomic E-state index is 0.744.